The molecule has 3 N–H and O–H groups in total. The molecule has 0 aliphatic rings. The highest BCUT2D eigenvalue weighted by Gasteiger charge is 2.29. The van der Waals surface area contributed by atoms with Crippen LogP contribution in [0.5, 0.6) is 0 Å². The molecule has 0 saturated carbocycles. The van der Waals surface area contributed by atoms with Crippen molar-refractivity contribution in [2.75, 3.05) is 26.4 Å². The first kappa shape index (κ1) is 24.4. The van der Waals surface area contributed by atoms with E-state index in [-0.39, 0.29) is 12.6 Å². The van der Waals surface area contributed by atoms with Crippen molar-refractivity contribution >= 4 is 5.97 Å². The summed E-state index contributed by atoms with van der Waals surface area (Å²) in [7, 11) is 0. The molecule has 0 atom stereocenters. The number of ether oxygens (including phenoxy) is 1. The van der Waals surface area contributed by atoms with Gasteiger partial charge in [0.05, 0.1) is 25.2 Å². The molecule has 0 saturated heterocycles. The first-order valence-corrected chi connectivity index (χ1v) is 10.1. The normalized spacial score (nSPS) is 11.7. The highest BCUT2D eigenvalue weighted by Crippen LogP contribution is 2.16. The Morgan fingerprint density at radius 2 is 1.12 bits per heavy atom. The Kier molecular flexibility index (Phi) is 16.4. The molecule has 5 nitrogen and oxygen atoms in total. The summed E-state index contributed by atoms with van der Waals surface area (Å²) < 4.78 is 5.06. The second-order valence-electron chi connectivity index (χ2n) is 7.27. The average Bonchev–Trinajstić information content (AvgIpc) is 2.64. The van der Waals surface area contributed by atoms with Gasteiger partial charge in [-0.05, 0) is 6.42 Å². The van der Waals surface area contributed by atoms with Crippen LogP contribution < -0.4 is 0 Å². The Bertz CT molecular complexity index is 294. The van der Waals surface area contributed by atoms with Crippen molar-refractivity contribution in [1.29, 1.82) is 0 Å². The van der Waals surface area contributed by atoms with E-state index < -0.39 is 25.2 Å². The Morgan fingerprint density at radius 1 is 0.720 bits per heavy atom. The number of carbonyl (C=O) groups is 1. The van der Waals surface area contributed by atoms with Crippen LogP contribution in [0.4, 0.5) is 0 Å². The third kappa shape index (κ3) is 13.2. The molecule has 0 aliphatic heterocycles. The molecule has 0 aliphatic carbocycles. The van der Waals surface area contributed by atoms with Crippen LogP contribution in [0.25, 0.3) is 0 Å². The smallest absolute Gasteiger partial charge is 0.305 e. The zero-order valence-corrected chi connectivity index (χ0v) is 16.2. The number of carbonyl (C=O) groups excluding carboxylic acids is 1. The van der Waals surface area contributed by atoms with Crippen molar-refractivity contribution in [3.8, 4) is 0 Å². The van der Waals surface area contributed by atoms with E-state index in [4.69, 9.17) is 20.1 Å². The molecule has 0 aromatic rings. The van der Waals surface area contributed by atoms with Crippen LogP contribution in [0.15, 0.2) is 0 Å². The Balaban J connectivity index is 3.43. The van der Waals surface area contributed by atoms with Crippen molar-refractivity contribution in [2.24, 2.45) is 5.41 Å². The SMILES string of the molecule is CCCCCCCCCCCCCCC(=O)OCC(CO)(CO)CO. The van der Waals surface area contributed by atoms with E-state index in [1.807, 2.05) is 0 Å². The topological polar surface area (TPSA) is 87.0 Å². The van der Waals surface area contributed by atoms with E-state index in [2.05, 4.69) is 6.92 Å². The van der Waals surface area contributed by atoms with Crippen LogP contribution in [-0.4, -0.2) is 47.7 Å². The van der Waals surface area contributed by atoms with E-state index in [1.54, 1.807) is 0 Å². The Morgan fingerprint density at radius 3 is 1.52 bits per heavy atom. The van der Waals surface area contributed by atoms with Crippen molar-refractivity contribution in [3.05, 3.63) is 0 Å². The highest BCUT2D eigenvalue weighted by molar-refractivity contribution is 5.69. The lowest BCUT2D eigenvalue weighted by molar-refractivity contribution is -0.151. The van der Waals surface area contributed by atoms with Crippen molar-refractivity contribution in [2.45, 2.75) is 90.4 Å². The number of rotatable bonds is 18. The fourth-order valence-electron chi connectivity index (χ4n) is 2.70. The fraction of sp³-hybridized carbons (Fsp3) is 0.950. The number of aliphatic hydroxyl groups is 3. The van der Waals surface area contributed by atoms with E-state index in [0.717, 1.165) is 19.3 Å². The maximum absolute atomic E-state index is 11.7. The van der Waals surface area contributed by atoms with Crippen LogP contribution in [0.2, 0.25) is 0 Å². The summed E-state index contributed by atoms with van der Waals surface area (Å²) in [5, 5.41) is 27.5. The number of unbranched alkanes of at least 4 members (excludes halogenated alkanes) is 11. The van der Waals surface area contributed by atoms with Crippen molar-refractivity contribution < 1.29 is 24.9 Å². The second-order valence-corrected chi connectivity index (χ2v) is 7.27. The van der Waals surface area contributed by atoms with Gasteiger partial charge in [-0.3, -0.25) is 4.79 Å². The monoisotopic (exact) mass is 360 g/mol. The molecule has 0 heterocycles. The van der Waals surface area contributed by atoms with Crippen molar-refractivity contribution in [1.82, 2.24) is 0 Å². The number of aliphatic hydroxyl groups excluding tert-OH is 3. The van der Waals surface area contributed by atoms with Gasteiger partial charge in [0.2, 0.25) is 0 Å². The molecule has 0 fully saturated rings. The van der Waals surface area contributed by atoms with Gasteiger partial charge in [0, 0.05) is 6.42 Å². The van der Waals surface area contributed by atoms with Gasteiger partial charge in [-0.15, -0.1) is 0 Å². The lowest BCUT2D eigenvalue weighted by Crippen LogP contribution is -2.39. The summed E-state index contributed by atoms with van der Waals surface area (Å²) >= 11 is 0. The fourth-order valence-corrected chi connectivity index (χ4v) is 2.70. The zero-order valence-electron chi connectivity index (χ0n) is 16.2. The van der Waals surface area contributed by atoms with Gasteiger partial charge in [-0.1, -0.05) is 77.6 Å². The van der Waals surface area contributed by atoms with Crippen LogP contribution in [0.1, 0.15) is 90.4 Å². The Hall–Kier alpha value is -0.650. The Labute approximate surface area is 153 Å². The van der Waals surface area contributed by atoms with Crippen LogP contribution in [-0.2, 0) is 9.53 Å². The van der Waals surface area contributed by atoms with Crippen LogP contribution in [0, 0.1) is 5.41 Å². The third-order valence-electron chi connectivity index (χ3n) is 4.78. The van der Waals surface area contributed by atoms with Crippen LogP contribution in [0.3, 0.4) is 0 Å². The second kappa shape index (κ2) is 16.8. The number of hydrogen-bond acceptors (Lipinski definition) is 5. The molecule has 0 aromatic heterocycles. The van der Waals surface area contributed by atoms with Crippen molar-refractivity contribution in [3.63, 3.8) is 0 Å². The molecule has 0 rings (SSSR count). The lowest BCUT2D eigenvalue weighted by Gasteiger charge is -2.26. The molecular formula is C20H40O5. The molecule has 5 heteroatoms. The molecule has 25 heavy (non-hydrogen) atoms. The predicted octanol–water partition coefficient (Wildman–Crippen LogP) is 3.58. The number of hydrogen-bond donors (Lipinski definition) is 3. The van der Waals surface area contributed by atoms with Gasteiger partial charge in [0.25, 0.3) is 0 Å². The summed E-state index contributed by atoms with van der Waals surface area (Å²) in [5.41, 5.74) is -1.13. The largest absolute Gasteiger partial charge is 0.465 e. The van der Waals surface area contributed by atoms with E-state index >= 15 is 0 Å². The highest BCUT2D eigenvalue weighted by atomic mass is 16.5. The third-order valence-corrected chi connectivity index (χ3v) is 4.78. The van der Waals surface area contributed by atoms with E-state index in [0.29, 0.717) is 6.42 Å². The summed E-state index contributed by atoms with van der Waals surface area (Å²) in [6.07, 6.45) is 15.3. The molecule has 0 amide bonds. The summed E-state index contributed by atoms with van der Waals surface area (Å²) in [4.78, 5) is 11.7. The van der Waals surface area contributed by atoms with E-state index in [1.165, 1.54) is 57.8 Å². The lowest BCUT2D eigenvalue weighted by atomic mass is 9.93. The van der Waals surface area contributed by atoms with Gasteiger partial charge < -0.3 is 20.1 Å². The summed E-state index contributed by atoms with van der Waals surface area (Å²) in [6.45, 7) is 0.865. The van der Waals surface area contributed by atoms with E-state index in [9.17, 15) is 4.79 Å². The minimum absolute atomic E-state index is 0.145. The first-order valence-electron chi connectivity index (χ1n) is 10.1. The predicted molar refractivity (Wildman–Crippen MR) is 100 cm³/mol. The average molecular weight is 361 g/mol. The van der Waals surface area contributed by atoms with Gasteiger partial charge in [0.15, 0.2) is 0 Å². The van der Waals surface area contributed by atoms with Gasteiger partial charge >= 0.3 is 5.97 Å². The van der Waals surface area contributed by atoms with Gasteiger partial charge in [-0.2, -0.15) is 0 Å². The van der Waals surface area contributed by atoms with Gasteiger partial charge in [0.1, 0.15) is 6.61 Å². The minimum atomic E-state index is -1.13. The molecular weight excluding hydrogens is 320 g/mol. The maximum Gasteiger partial charge on any atom is 0.305 e. The molecule has 0 aromatic carbocycles. The molecule has 0 bridgehead atoms. The first-order chi connectivity index (χ1) is 12.1. The molecule has 0 unspecified atom stereocenters. The number of esters is 1. The summed E-state index contributed by atoms with van der Waals surface area (Å²) in [6, 6.07) is 0. The van der Waals surface area contributed by atoms with Gasteiger partial charge in [-0.25, -0.2) is 0 Å². The summed E-state index contributed by atoms with van der Waals surface area (Å²) in [5.74, 6) is -0.327. The maximum atomic E-state index is 11.7. The molecule has 150 valence electrons. The zero-order chi connectivity index (χ0) is 18.8. The quantitative estimate of drug-likeness (QED) is 0.257. The molecule has 0 radical (unpaired) electrons. The standard InChI is InChI=1S/C20H40O5/c1-2-3-4-5-6-7-8-9-10-11-12-13-14-19(24)25-18-20(15-21,16-22)17-23/h21-23H,2-18H2,1H3. The minimum Gasteiger partial charge on any atom is -0.465 e. The molecule has 0 spiro atoms. The van der Waals surface area contributed by atoms with Crippen LogP contribution >= 0.6 is 0 Å².